The number of carbonyl (C=O) groups excluding carboxylic acids is 2. The molecule has 1 saturated carbocycles. The van der Waals surface area contributed by atoms with Gasteiger partial charge in [0.2, 0.25) is 11.8 Å². The summed E-state index contributed by atoms with van der Waals surface area (Å²) < 4.78 is 19.4. The molecule has 3 atom stereocenters. The van der Waals surface area contributed by atoms with Gasteiger partial charge in [-0.2, -0.15) is 0 Å². The largest absolute Gasteiger partial charge is 0.377 e. The number of hydrogen-bond acceptors (Lipinski definition) is 5. The third-order valence-electron chi connectivity index (χ3n) is 7.70. The molecule has 3 heterocycles. The average molecular weight is 473 g/mol. The summed E-state index contributed by atoms with van der Waals surface area (Å²) in [6, 6.07) is 6.33. The summed E-state index contributed by atoms with van der Waals surface area (Å²) in [6.45, 7) is 5.95. The van der Waals surface area contributed by atoms with Gasteiger partial charge in [-0.15, -0.1) is 0 Å². The molecule has 0 spiro atoms. The van der Waals surface area contributed by atoms with Gasteiger partial charge in [0, 0.05) is 57.8 Å². The van der Waals surface area contributed by atoms with Crippen LogP contribution in [0, 0.1) is 11.7 Å². The molecule has 8 heteroatoms. The molecular weight excluding hydrogens is 435 g/mol. The molecule has 3 unspecified atom stereocenters. The number of rotatable bonds is 7. The Kier molecular flexibility index (Phi) is 7.46. The summed E-state index contributed by atoms with van der Waals surface area (Å²) >= 11 is 0. The Morgan fingerprint density at radius 2 is 1.88 bits per heavy atom. The highest BCUT2D eigenvalue weighted by atomic mass is 19.1. The molecule has 0 radical (unpaired) electrons. The van der Waals surface area contributed by atoms with Crippen LogP contribution >= 0.6 is 0 Å². The van der Waals surface area contributed by atoms with Gasteiger partial charge < -0.3 is 19.9 Å². The van der Waals surface area contributed by atoms with Gasteiger partial charge in [0.25, 0.3) is 0 Å². The van der Waals surface area contributed by atoms with Crippen molar-refractivity contribution in [3.05, 3.63) is 35.6 Å². The zero-order valence-electron chi connectivity index (χ0n) is 20.0. The van der Waals surface area contributed by atoms with Gasteiger partial charge in [0.05, 0.1) is 6.10 Å². The molecule has 4 aliphatic rings. The summed E-state index contributed by atoms with van der Waals surface area (Å²) in [7, 11) is 0. The van der Waals surface area contributed by atoms with Crippen molar-refractivity contribution in [2.75, 3.05) is 45.9 Å². The van der Waals surface area contributed by atoms with Crippen LogP contribution in [0.5, 0.6) is 0 Å². The Bertz CT molecular complexity index is 848. The topological polar surface area (TPSA) is 65.1 Å². The van der Waals surface area contributed by atoms with Crippen molar-refractivity contribution in [2.45, 2.75) is 63.3 Å². The van der Waals surface area contributed by atoms with Gasteiger partial charge in [-0.05, 0) is 62.8 Å². The fourth-order valence-corrected chi connectivity index (χ4v) is 5.61. The Hall–Kier alpha value is -2.03. The monoisotopic (exact) mass is 472 g/mol. The van der Waals surface area contributed by atoms with Crippen molar-refractivity contribution in [1.29, 1.82) is 0 Å². The van der Waals surface area contributed by atoms with E-state index in [-0.39, 0.29) is 35.7 Å². The lowest BCUT2D eigenvalue weighted by Gasteiger charge is -2.31. The molecule has 3 aliphatic heterocycles. The number of nitrogens with one attached hydrogen (secondary N) is 1. The maximum Gasteiger partial charge on any atom is 0.245 e. The number of ether oxygens (including phenoxy) is 1. The van der Waals surface area contributed by atoms with Gasteiger partial charge in [0.15, 0.2) is 0 Å². The zero-order valence-corrected chi connectivity index (χ0v) is 20.0. The lowest BCUT2D eigenvalue weighted by atomic mass is 10.1. The molecule has 0 aromatic heterocycles. The van der Waals surface area contributed by atoms with E-state index in [1.54, 1.807) is 0 Å². The first kappa shape index (κ1) is 23.7. The van der Waals surface area contributed by atoms with E-state index in [2.05, 4.69) is 10.2 Å². The van der Waals surface area contributed by atoms with E-state index in [0.29, 0.717) is 26.1 Å². The predicted octanol–water partition coefficient (Wildman–Crippen LogP) is 2.01. The number of carbonyl (C=O) groups is 2. The summed E-state index contributed by atoms with van der Waals surface area (Å²) in [5.41, 5.74) is 1.04. The van der Waals surface area contributed by atoms with Gasteiger partial charge in [-0.3, -0.25) is 14.5 Å². The highest BCUT2D eigenvalue weighted by molar-refractivity contribution is 5.90. The summed E-state index contributed by atoms with van der Waals surface area (Å²) in [6.07, 6.45) is 5.72. The van der Waals surface area contributed by atoms with Gasteiger partial charge in [0.1, 0.15) is 11.9 Å². The molecule has 34 heavy (non-hydrogen) atoms. The van der Waals surface area contributed by atoms with Crippen LogP contribution in [0.25, 0.3) is 0 Å². The lowest BCUT2D eigenvalue weighted by molar-refractivity contribution is -0.144. The number of benzene rings is 1. The van der Waals surface area contributed by atoms with Crippen molar-refractivity contribution in [1.82, 2.24) is 20.0 Å². The molecule has 4 fully saturated rings. The lowest BCUT2D eigenvalue weighted by Crippen LogP contribution is -2.49. The third-order valence-corrected chi connectivity index (χ3v) is 7.70. The van der Waals surface area contributed by atoms with Gasteiger partial charge in [-0.1, -0.05) is 12.1 Å². The number of likely N-dealkylation sites (tertiary alicyclic amines) is 1. The highest BCUT2D eigenvalue weighted by Crippen LogP contribution is 2.35. The molecule has 1 aliphatic carbocycles. The Balaban J connectivity index is 1.35. The van der Waals surface area contributed by atoms with E-state index < -0.39 is 6.04 Å². The Labute approximate surface area is 201 Å². The smallest absolute Gasteiger partial charge is 0.245 e. The second kappa shape index (κ2) is 10.7. The first-order valence-corrected chi connectivity index (χ1v) is 13.0. The molecule has 2 amide bonds. The summed E-state index contributed by atoms with van der Waals surface area (Å²) in [5.74, 6) is 0.0874. The van der Waals surface area contributed by atoms with Crippen molar-refractivity contribution < 1.29 is 18.7 Å². The number of amides is 2. The van der Waals surface area contributed by atoms with Crippen molar-refractivity contribution >= 4 is 11.8 Å². The first-order chi connectivity index (χ1) is 16.6. The minimum absolute atomic E-state index is 0.0796. The highest BCUT2D eigenvalue weighted by Gasteiger charge is 2.47. The summed E-state index contributed by atoms with van der Waals surface area (Å²) in [5, 5.41) is 3.36. The van der Waals surface area contributed by atoms with E-state index in [1.807, 2.05) is 21.9 Å². The number of halogens is 1. The molecule has 186 valence electrons. The molecule has 1 aromatic rings. The molecule has 5 rings (SSSR count). The number of hydrogen-bond donors (Lipinski definition) is 1. The molecule has 7 nitrogen and oxygen atoms in total. The minimum Gasteiger partial charge on any atom is -0.377 e. The average Bonchev–Trinajstić information content (AvgIpc) is 3.50. The third kappa shape index (κ3) is 5.61. The van der Waals surface area contributed by atoms with E-state index in [4.69, 9.17) is 4.74 Å². The number of nitrogens with zero attached hydrogens (tertiary/aromatic N) is 3. The maximum absolute atomic E-state index is 13.6. The van der Waals surface area contributed by atoms with Crippen LogP contribution in [-0.4, -0.2) is 90.6 Å². The van der Waals surface area contributed by atoms with Crippen molar-refractivity contribution in [3.8, 4) is 0 Å². The van der Waals surface area contributed by atoms with Gasteiger partial charge >= 0.3 is 0 Å². The van der Waals surface area contributed by atoms with Crippen LogP contribution in [0.3, 0.4) is 0 Å². The van der Waals surface area contributed by atoms with Crippen LogP contribution in [0.2, 0.25) is 0 Å². The van der Waals surface area contributed by atoms with Crippen LogP contribution < -0.4 is 5.32 Å². The van der Waals surface area contributed by atoms with Crippen LogP contribution in [0.1, 0.15) is 44.1 Å². The van der Waals surface area contributed by atoms with Crippen LogP contribution in [0.4, 0.5) is 4.39 Å². The van der Waals surface area contributed by atoms with Gasteiger partial charge in [-0.25, -0.2) is 4.39 Å². The Morgan fingerprint density at radius 1 is 1.06 bits per heavy atom. The quantitative estimate of drug-likeness (QED) is 0.658. The molecule has 0 bridgehead atoms. The van der Waals surface area contributed by atoms with E-state index >= 15 is 0 Å². The second-order valence-electron chi connectivity index (χ2n) is 10.3. The second-order valence-corrected chi connectivity index (χ2v) is 10.3. The van der Waals surface area contributed by atoms with E-state index in [9.17, 15) is 14.0 Å². The van der Waals surface area contributed by atoms with Crippen LogP contribution in [0.15, 0.2) is 24.3 Å². The molecular formula is C26H37FN4O3. The normalized spacial score (nSPS) is 27.9. The first-order valence-electron chi connectivity index (χ1n) is 13.0. The summed E-state index contributed by atoms with van der Waals surface area (Å²) in [4.78, 5) is 33.1. The maximum atomic E-state index is 13.6. The van der Waals surface area contributed by atoms with Crippen molar-refractivity contribution in [3.63, 3.8) is 0 Å². The van der Waals surface area contributed by atoms with E-state index in [1.165, 1.54) is 12.1 Å². The van der Waals surface area contributed by atoms with Crippen molar-refractivity contribution in [2.24, 2.45) is 5.92 Å². The fourth-order valence-electron chi connectivity index (χ4n) is 5.61. The predicted molar refractivity (Wildman–Crippen MR) is 126 cm³/mol. The minimum atomic E-state index is -0.392. The standard InChI is InChI=1S/C26H37FN4O3/c27-21-8-4-19(5-9-21)16-30(18-23-3-1-14-34-23)22-15-24(31(17-22)25(32)20-6-7-20)26(33)29-12-2-10-28-11-13-29/h4-5,8-9,20,22-24,28H,1-3,6-7,10-18H2. The SMILES string of the molecule is O=C(C1CC(N(Cc2ccc(F)cc2)CC2CCCO2)CN1C(=O)C1CC1)N1CCCNCC1. The zero-order chi connectivity index (χ0) is 23.5. The fraction of sp³-hybridized carbons (Fsp3) is 0.692. The Morgan fingerprint density at radius 3 is 2.62 bits per heavy atom. The molecule has 1 aromatic carbocycles. The molecule has 1 N–H and O–H groups in total. The van der Waals surface area contributed by atoms with E-state index in [0.717, 1.165) is 70.5 Å². The molecule has 3 saturated heterocycles. The van der Waals surface area contributed by atoms with Crippen LogP contribution in [-0.2, 0) is 20.9 Å².